The molecule has 6 rings (SSSR count). The van der Waals surface area contributed by atoms with Gasteiger partial charge >= 0.3 is 17.8 Å². The summed E-state index contributed by atoms with van der Waals surface area (Å²) in [6.45, 7) is 1.41. The number of rotatable bonds is 9. The number of benzene rings is 3. The number of carbonyl (C=O) groups is 1. The number of H-pyrrole nitrogens is 1. The molecule has 14 heteroatoms. The molecule has 0 bridgehead atoms. The Labute approximate surface area is 260 Å². The molecular weight excluding hydrogens is 625 g/mol. The minimum Gasteiger partial charge on any atom is -0.406 e. The summed E-state index contributed by atoms with van der Waals surface area (Å²) in [7, 11) is 0. The van der Waals surface area contributed by atoms with E-state index in [1.807, 2.05) is 43.3 Å². The van der Waals surface area contributed by atoms with Crippen LogP contribution in [0, 0.1) is 0 Å². The Balaban J connectivity index is 1.33. The quantitative estimate of drug-likeness (QED) is 0.201. The average Bonchev–Trinajstić information content (AvgIpc) is 3.68. The molecule has 0 amide bonds. The van der Waals surface area contributed by atoms with Gasteiger partial charge in [0.05, 0.1) is 18.5 Å². The lowest BCUT2D eigenvalue weighted by Gasteiger charge is -2.13. The van der Waals surface area contributed by atoms with Gasteiger partial charge in [0.25, 0.3) is 5.56 Å². The van der Waals surface area contributed by atoms with E-state index in [-0.39, 0.29) is 23.3 Å². The van der Waals surface area contributed by atoms with Crippen molar-refractivity contribution in [2.24, 2.45) is 0 Å². The summed E-state index contributed by atoms with van der Waals surface area (Å²) >= 11 is 1.32. The van der Waals surface area contributed by atoms with Crippen molar-refractivity contribution in [3.8, 4) is 28.3 Å². The van der Waals surface area contributed by atoms with Crippen LogP contribution in [0.2, 0.25) is 0 Å². The molecule has 3 aromatic heterocycles. The highest BCUT2D eigenvalue weighted by atomic mass is 32.1. The van der Waals surface area contributed by atoms with Crippen molar-refractivity contribution in [1.29, 1.82) is 0 Å². The van der Waals surface area contributed by atoms with Crippen molar-refractivity contribution in [2.75, 3.05) is 0 Å². The summed E-state index contributed by atoms with van der Waals surface area (Å²) in [6.07, 6.45) is -4.26. The van der Waals surface area contributed by atoms with E-state index in [0.29, 0.717) is 16.8 Å². The number of aromatic nitrogens is 4. The molecule has 10 nitrogen and oxygen atoms in total. The zero-order chi connectivity index (χ0) is 32.6. The second-order valence-corrected chi connectivity index (χ2v) is 11.3. The smallest absolute Gasteiger partial charge is 0.406 e. The Morgan fingerprint density at radius 2 is 1.65 bits per heavy atom. The van der Waals surface area contributed by atoms with Crippen molar-refractivity contribution in [2.45, 2.75) is 32.8 Å². The molecule has 0 fully saturated rings. The van der Waals surface area contributed by atoms with Gasteiger partial charge in [0.1, 0.15) is 10.6 Å². The predicted octanol–water partition coefficient (Wildman–Crippen LogP) is 5.63. The van der Waals surface area contributed by atoms with Crippen LogP contribution in [0.1, 0.15) is 27.7 Å². The van der Waals surface area contributed by atoms with Crippen LogP contribution >= 0.6 is 11.3 Å². The number of aromatic amines is 1. The van der Waals surface area contributed by atoms with Crippen LogP contribution in [0.5, 0.6) is 5.75 Å². The van der Waals surface area contributed by atoms with E-state index >= 15 is 0 Å². The van der Waals surface area contributed by atoms with Gasteiger partial charge in [-0.1, -0.05) is 60.6 Å². The molecule has 0 radical (unpaired) electrons. The number of ether oxygens (including phenoxy) is 1. The minimum atomic E-state index is -4.89. The molecule has 0 spiro atoms. The van der Waals surface area contributed by atoms with Crippen molar-refractivity contribution >= 4 is 27.3 Å². The number of fused-ring (bicyclic) bond motifs is 1. The number of nitrogens with zero attached hydrogens (tertiary/aromatic N) is 3. The number of halogens is 3. The lowest BCUT2D eigenvalue weighted by atomic mass is 9.98. The SMILES string of the molecule is CCc1cc2c(=O)n(CC(=O)c3ccc(OC(F)(F)F)cc3)c(=O)n(Cc3ccc(-c4ccccc4-c4noc(=O)[nH]4)cc3)c2s1. The standard InChI is InChI=1S/C32H23F3N4O6S/c1-2-22-15-25-28(41)38(17-26(40)20-11-13-21(14-12-20)44-32(33,34)35)31(43)39(29(25)46-22)16-18-7-9-19(10-8-18)23-5-3-4-6-24(23)27-36-30(42)45-37-27/h3-15H,2,16-17H2,1H3,(H,36,37,42). The number of hydrogen-bond acceptors (Lipinski definition) is 8. The normalized spacial score (nSPS) is 11.7. The third-order valence-corrected chi connectivity index (χ3v) is 8.54. The number of Topliss-reactive ketones (excluding diaryl/α,β-unsaturated/α-hetero) is 1. The van der Waals surface area contributed by atoms with E-state index in [2.05, 4.69) is 19.4 Å². The number of ketones is 1. The van der Waals surface area contributed by atoms with Gasteiger partial charge in [0.15, 0.2) is 11.6 Å². The van der Waals surface area contributed by atoms with Crippen LogP contribution in [0.15, 0.2) is 97.8 Å². The second-order valence-electron chi connectivity index (χ2n) is 10.2. The molecule has 0 aliphatic heterocycles. The van der Waals surface area contributed by atoms with Crippen molar-refractivity contribution in [3.63, 3.8) is 0 Å². The zero-order valence-corrected chi connectivity index (χ0v) is 24.8. The first-order valence-corrected chi connectivity index (χ1v) is 14.7. The van der Waals surface area contributed by atoms with Crippen molar-refractivity contribution in [3.05, 3.63) is 126 Å². The molecule has 3 aromatic carbocycles. The number of nitrogens with one attached hydrogen (secondary N) is 1. The first-order valence-electron chi connectivity index (χ1n) is 13.9. The molecule has 0 unspecified atom stereocenters. The van der Waals surface area contributed by atoms with Gasteiger partial charge in [-0.15, -0.1) is 24.5 Å². The highest BCUT2D eigenvalue weighted by Gasteiger charge is 2.31. The van der Waals surface area contributed by atoms with Crippen LogP contribution < -0.4 is 21.7 Å². The summed E-state index contributed by atoms with van der Waals surface area (Å²) in [5.74, 6) is -1.53. The molecule has 0 atom stereocenters. The second kappa shape index (κ2) is 12.1. The van der Waals surface area contributed by atoms with Crippen LogP contribution in [0.3, 0.4) is 0 Å². The van der Waals surface area contributed by atoms with Crippen LogP contribution in [-0.4, -0.2) is 31.4 Å². The van der Waals surface area contributed by atoms with E-state index in [9.17, 15) is 32.3 Å². The third-order valence-electron chi connectivity index (χ3n) is 7.23. The summed E-state index contributed by atoms with van der Waals surface area (Å²) in [5, 5.41) is 4.07. The Morgan fingerprint density at radius 3 is 2.28 bits per heavy atom. The predicted molar refractivity (Wildman–Crippen MR) is 164 cm³/mol. The largest absolute Gasteiger partial charge is 0.573 e. The Bertz CT molecular complexity index is 2240. The van der Waals surface area contributed by atoms with E-state index in [1.165, 1.54) is 15.9 Å². The third kappa shape index (κ3) is 6.19. The maximum Gasteiger partial charge on any atom is 0.573 e. The number of aryl methyl sites for hydroxylation is 1. The van der Waals surface area contributed by atoms with Gasteiger partial charge in [-0.25, -0.2) is 9.59 Å². The fraction of sp³-hybridized carbons (Fsp3) is 0.156. The zero-order valence-electron chi connectivity index (χ0n) is 24.0. The topological polar surface area (TPSA) is 129 Å². The minimum absolute atomic E-state index is 0.0117. The van der Waals surface area contributed by atoms with E-state index in [4.69, 9.17) is 0 Å². The Hall–Kier alpha value is -5.50. The fourth-order valence-corrected chi connectivity index (χ4v) is 6.12. The average molecular weight is 649 g/mol. The summed E-state index contributed by atoms with van der Waals surface area (Å²) < 4.78 is 48.4. The first-order chi connectivity index (χ1) is 22.0. The van der Waals surface area contributed by atoms with Gasteiger partial charge < -0.3 is 4.74 Å². The molecule has 46 heavy (non-hydrogen) atoms. The van der Waals surface area contributed by atoms with Gasteiger partial charge in [-0.3, -0.25) is 28.2 Å². The van der Waals surface area contributed by atoms with Gasteiger partial charge in [0, 0.05) is 16.0 Å². The lowest BCUT2D eigenvalue weighted by molar-refractivity contribution is -0.274. The van der Waals surface area contributed by atoms with Gasteiger partial charge in [0.2, 0.25) is 0 Å². The highest BCUT2D eigenvalue weighted by Crippen LogP contribution is 2.30. The molecule has 3 heterocycles. The number of carbonyl (C=O) groups excluding carboxylic acids is 1. The number of hydrogen-bond donors (Lipinski definition) is 1. The van der Waals surface area contributed by atoms with Crippen molar-refractivity contribution < 1.29 is 27.2 Å². The molecule has 0 aliphatic carbocycles. The van der Waals surface area contributed by atoms with Crippen LogP contribution in [0.4, 0.5) is 13.2 Å². The fourth-order valence-electron chi connectivity index (χ4n) is 5.04. The van der Waals surface area contributed by atoms with Gasteiger partial charge in [-0.2, -0.15) is 0 Å². The van der Waals surface area contributed by atoms with Crippen LogP contribution in [0.25, 0.3) is 32.7 Å². The maximum atomic E-state index is 13.8. The summed E-state index contributed by atoms with van der Waals surface area (Å²) in [4.78, 5) is 55.7. The van der Waals surface area contributed by atoms with Gasteiger partial charge in [-0.05, 0) is 53.4 Å². The Kier molecular flexibility index (Phi) is 8.04. The van der Waals surface area contributed by atoms with E-state index in [0.717, 1.165) is 50.4 Å². The molecule has 234 valence electrons. The summed E-state index contributed by atoms with van der Waals surface area (Å²) in [5.41, 5.74) is 1.68. The van der Waals surface area contributed by atoms with E-state index < -0.39 is 41.4 Å². The number of alkyl halides is 3. The molecular formula is C32H23F3N4O6S. The number of thiophene rings is 1. The first kappa shape index (κ1) is 30.5. The maximum absolute atomic E-state index is 13.8. The molecule has 0 saturated carbocycles. The highest BCUT2D eigenvalue weighted by molar-refractivity contribution is 7.18. The molecule has 1 N–H and O–H groups in total. The Morgan fingerprint density at radius 1 is 0.957 bits per heavy atom. The van der Waals surface area contributed by atoms with Crippen LogP contribution in [-0.2, 0) is 19.5 Å². The summed E-state index contributed by atoms with van der Waals surface area (Å²) in [6, 6.07) is 20.7. The van der Waals surface area contributed by atoms with Crippen molar-refractivity contribution in [1.82, 2.24) is 19.3 Å². The monoisotopic (exact) mass is 648 g/mol. The van der Waals surface area contributed by atoms with E-state index in [1.54, 1.807) is 18.2 Å². The molecule has 0 saturated heterocycles. The molecule has 0 aliphatic rings. The lowest BCUT2D eigenvalue weighted by Crippen LogP contribution is -2.41. The molecule has 6 aromatic rings.